The molecule has 0 aliphatic carbocycles. The molecule has 0 aliphatic rings. The Kier molecular flexibility index (Phi) is 5.37. The van der Waals surface area contributed by atoms with E-state index in [2.05, 4.69) is 12.2 Å². The first-order valence-electron chi connectivity index (χ1n) is 2.14. The van der Waals surface area contributed by atoms with E-state index in [1.807, 2.05) is 6.92 Å². The second-order valence-electron chi connectivity index (χ2n) is 1.19. The number of halogens is 1. The van der Waals surface area contributed by atoms with Crippen LogP contribution >= 0.6 is 39.7 Å². The van der Waals surface area contributed by atoms with E-state index in [1.54, 1.807) is 11.4 Å². The summed E-state index contributed by atoms with van der Waals surface area (Å²) in [5, 5.41) is 0.578. The normalized spacial score (nSPS) is 17.9. The lowest BCUT2D eigenvalue weighted by Gasteiger charge is -2.07. The minimum absolute atomic E-state index is 0.578. The highest BCUT2D eigenvalue weighted by atomic mass is 35.5. The molecule has 0 nitrogen and oxygen atoms in total. The second-order valence-corrected chi connectivity index (χ2v) is 13.1. The third-order valence-corrected chi connectivity index (χ3v) is 8.72. The largest absolute Gasteiger partial charge is 0.131 e. The van der Waals surface area contributed by atoms with Gasteiger partial charge in [0.2, 0.25) is 0 Å². The Balaban J connectivity index is 3.55. The summed E-state index contributed by atoms with van der Waals surface area (Å²) < 4.78 is -1.36. The minimum Gasteiger partial charge on any atom is -0.131 e. The van der Waals surface area contributed by atoms with Gasteiger partial charge < -0.3 is 0 Å². The van der Waals surface area contributed by atoms with Crippen molar-refractivity contribution in [2.45, 2.75) is 6.92 Å². The van der Waals surface area contributed by atoms with E-state index in [9.17, 15) is 0 Å². The van der Waals surface area contributed by atoms with E-state index in [1.165, 1.54) is 0 Å². The number of thiol groups is 1. The van der Waals surface area contributed by atoms with Crippen LogP contribution < -0.4 is 0 Å². The van der Waals surface area contributed by atoms with Gasteiger partial charge >= 0.3 is 0 Å². The van der Waals surface area contributed by atoms with Gasteiger partial charge in [0.1, 0.15) is 0 Å². The highest BCUT2D eigenvalue weighted by Crippen LogP contribution is 2.62. The van der Waals surface area contributed by atoms with Crippen molar-refractivity contribution >= 4 is 51.5 Å². The van der Waals surface area contributed by atoms with E-state index in [0.717, 1.165) is 6.16 Å². The lowest BCUT2D eigenvalue weighted by Crippen LogP contribution is -1.68. The van der Waals surface area contributed by atoms with Gasteiger partial charge in [0, 0.05) is 0 Å². The zero-order valence-corrected chi connectivity index (χ0v) is 8.68. The number of rotatable bonds is 3. The van der Waals surface area contributed by atoms with Crippen molar-refractivity contribution in [2.75, 3.05) is 11.4 Å². The molecule has 0 bridgehead atoms. The first kappa shape index (κ1) is 9.64. The molecule has 0 rings (SSSR count). The molecule has 0 aromatic heterocycles. The van der Waals surface area contributed by atoms with Crippen molar-refractivity contribution < 1.29 is 0 Å². The fourth-order valence-corrected chi connectivity index (χ4v) is 5.13. The Morgan fingerprint density at radius 1 is 1.88 bits per heavy atom. The standard InChI is InChI=1S/C3H8ClPS3/c1-2-5(6,7)8-3-4/h2-3H2,1H3,(H,6,7). The summed E-state index contributed by atoms with van der Waals surface area (Å²) in [4.78, 5) is 0. The lowest BCUT2D eigenvalue weighted by atomic mass is 11.0. The van der Waals surface area contributed by atoms with Gasteiger partial charge in [0.05, 0.1) is 9.65 Å². The third kappa shape index (κ3) is 4.51. The molecule has 0 saturated carbocycles. The molecular formula is C3H8ClPS3. The molecule has 8 heavy (non-hydrogen) atoms. The van der Waals surface area contributed by atoms with Gasteiger partial charge in [0.25, 0.3) is 0 Å². The van der Waals surface area contributed by atoms with E-state index < -0.39 is 4.44 Å². The van der Waals surface area contributed by atoms with Crippen molar-refractivity contribution in [1.29, 1.82) is 0 Å². The molecule has 0 fully saturated rings. The fraction of sp³-hybridized carbons (Fsp3) is 1.00. The molecule has 0 aromatic rings. The number of alkyl halides is 1. The Morgan fingerprint density at radius 3 is 2.50 bits per heavy atom. The molecule has 0 radical (unpaired) electrons. The maximum Gasteiger partial charge on any atom is 0.0736 e. The first-order valence-corrected chi connectivity index (χ1v) is 8.41. The maximum atomic E-state index is 5.44. The zero-order chi connectivity index (χ0) is 6.62. The average Bonchev–Trinajstić information content (AvgIpc) is 1.67. The Bertz CT molecular complexity index is 105. The van der Waals surface area contributed by atoms with Crippen molar-refractivity contribution in [1.82, 2.24) is 0 Å². The minimum atomic E-state index is -1.36. The van der Waals surface area contributed by atoms with Gasteiger partial charge in [-0.2, -0.15) is 0 Å². The van der Waals surface area contributed by atoms with Crippen LogP contribution in [0.5, 0.6) is 0 Å². The molecule has 1 atom stereocenters. The van der Waals surface area contributed by atoms with Gasteiger partial charge in [-0.15, -0.1) is 23.8 Å². The predicted octanol–water partition coefficient (Wildman–Crippen LogP) is 3.18. The average molecular weight is 207 g/mol. The van der Waals surface area contributed by atoms with Crippen LogP contribution in [0.2, 0.25) is 0 Å². The van der Waals surface area contributed by atoms with Crippen LogP contribution in [-0.4, -0.2) is 11.4 Å². The molecule has 0 saturated heterocycles. The van der Waals surface area contributed by atoms with Crippen LogP contribution in [0.15, 0.2) is 0 Å². The summed E-state index contributed by atoms with van der Waals surface area (Å²) in [6.45, 7) is 2.05. The summed E-state index contributed by atoms with van der Waals surface area (Å²) in [5.74, 6) is 0. The van der Waals surface area contributed by atoms with Gasteiger partial charge in [-0.25, -0.2) is 0 Å². The predicted molar refractivity (Wildman–Crippen MR) is 52.1 cm³/mol. The van der Waals surface area contributed by atoms with Crippen LogP contribution in [0.25, 0.3) is 0 Å². The first-order chi connectivity index (χ1) is 3.62. The molecule has 1 unspecified atom stereocenters. The highest BCUT2D eigenvalue weighted by molar-refractivity contribution is 8.96. The van der Waals surface area contributed by atoms with Crippen LogP contribution in [0.1, 0.15) is 6.92 Å². The highest BCUT2D eigenvalue weighted by Gasteiger charge is 2.05. The van der Waals surface area contributed by atoms with Crippen molar-refractivity contribution in [3.05, 3.63) is 0 Å². The van der Waals surface area contributed by atoms with Crippen LogP contribution in [0.4, 0.5) is 0 Å². The number of hydrogen-bond donors (Lipinski definition) is 1. The van der Waals surface area contributed by atoms with Gasteiger partial charge in [-0.05, 0) is 6.16 Å². The Hall–Kier alpha value is 1.64. The zero-order valence-electron chi connectivity index (χ0n) is 4.50. The van der Waals surface area contributed by atoms with E-state index in [0.29, 0.717) is 5.21 Å². The molecule has 0 spiro atoms. The third-order valence-electron chi connectivity index (χ3n) is 0.650. The Morgan fingerprint density at radius 2 is 2.38 bits per heavy atom. The summed E-state index contributed by atoms with van der Waals surface area (Å²) in [7, 11) is 0. The molecule has 50 valence electrons. The van der Waals surface area contributed by atoms with Crippen LogP contribution in [0, 0.1) is 0 Å². The van der Waals surface area contributed by atoms with Gasteiger partial charge in [-0.3, -0.25) is 0 Å². The van der Waals surface area contributed by atoms with Gasteiger partial charge in [-0.1, -0.05) is 30.1 Å². The molecule has 0 N–H and O–H groups in total. The number of hydrogen-bond acceptors (Lipinski definition) is 2. The molecule has 0 aliphatic heterocycles. The molecular weight excluding hydrogens is 199 g/mol. The lowest BCUT2D eigenvalue weighted by molar-refractivity contribution is 1.53. The second kappa shape index (κ2) is 4.45. The smallest absolute Gasteiger partial charge is 0.0736 e. The van der Waals surface area contributed by atoms with E-state index in [4.69, 9.17) is 23.4 Å². The van der Waals surface area contributed by atoms with E-state index >= 15 is 0 Å². The maximum absolute atomic E-state index is 5.44. The SMILES string of the molecule is CCP(=S)(S)SCCl. The van der Waals surface area contributed by atoms with Crippen LogP contribution in [-0.2, 0) is 11.8 Å². The fourth-order valence-electron chi connectivity index (χ4n) is 0.168. The summed E-state index contributed by atoms with van der Waals surface area (Å²) in [5.41, 5.74) is 0. The topological polar surface area (TPSA) is 0 Å². The summed E-state index contributed by atoms with van der Waals surface area (Å²) >= 11 is 16.4. The molecule has 0 heterocycles. The van der Waals surface area contributed by atoms with Crippen molar-refractivity contribution in [2.24, 2.45) is 0 Å². The van der Waals surface area contributed by atoms with Crippen LogP contribution in [0.3, 0.4) is 0 Å². The van der Waals surface area contributed by atoms with Crippen molar-refractivity contribution in [3.63, 3.8) is 0 Å². The molecule has 5 heteroatoms. The quantitative estimate of drug-likeness (QED) is 0.428. The Labute approximate surface area is 69.7 Å². The monoisotopic (exact) mass is 206 g/mol. The van der Waals surface area contributed by atoms with Crippen molar-refractivity contribution in [3.8, 4) is 0 Å². The molecule has 0 aromatic carbocycles. The van der Waals surface area contributed by atoms with E-state index in [-0.39, 0.29) is 0 Å². The van der Waals surface area contributed by atoms with Gasteiger partial charge in [0.15, 0.2) is 0 Å². The molecule has 0 amide bonds. The summed E-state index contributed by atoms with van der Waals surface area (Å²) in [6.07, 6.45) is 0.975. The summed E-state index contributed by atoms with van der Waals surface area (Å²) in [6, 6.07) is 0.